The molecule has 0 bridgehead atoms. The Balaban J connectivity index is 2.25. The summed E-state index contributed by atoms with van der Waals surface area (Å²) in [7, 11) is 0. The summed E-state index contributed by atoms with van der Waals surface area (Å²) in [4.78, 5) is 4.32. The first-order valence-electron chi connectivity index (χ1n) is 5.15. The van der Waals surface area contributed by atoms with Crippen LogP contribution in [-0.4, -0.2) is 4.98 Å². The van der Waals surface area contributed by atoms with Crippen LogP contribution in [0.3, 0.4) is 0 Å². The molecule has 2 nitrogen and oxygen atoms in total. The highest BCUT2D eigenvalue weighted by atomic mass is 35.5. The van der Waals surface area contributed by atoms with Gasteiger partial charge < -0.3 is 4.74 Å². The second-order valence-corrected chi connectivity index (χ2v) is 4.23. The van der Waals surface area contributed by atoms with E-state index in [1.165, 1.54) is 0 Å². The number of rotatable bonds is 3. The first kappa shape index (κ1) is 12.2. The number of hydrogen-bond acceptors (Lipinski definition) is 2. The lowest BCUT2D eigenvalue weighted by Gasteiger charge is -2.08. The molecule has 1 aromatic heterocycles. The quantitative estimate of drug-likeness (QED) is 0.760. The fourth-order valence-corrected chi connectivity index (χ4v) is 1.86. The van der Waals surface area contributed by atoms with Gasteiger partial charge in [-0.05, 0) is 24.6 Å². The van der Waals surface area contributed by atoms with Crippen LogP contribution in [0.1, 0.15) is 11.3 Å². The predicted molar refractivity (Wildman–Crippen MR) is 70.1 cm³/mol. The molecule has 1 aromatic carbocycles. The van der Waals surface area contributed by atoms with Crippen LogP contribution in [0.4, 0.5) is 0 Å². The number of para-hydroxylation sites is 1. The van der Waals surface area contributed by atoms with Gasteiger partial charge in [-0.3, -0.25) is 0 Å². The third kappa shape index (κ3) is 2.90. The molecule has 0 aliphatic heterocycles. The van der Waals surface area contributed by atoms with Crippen LogP contribution in [0.25, 0.3) is 0 Å². The van der Waals surface area contributed by atoms with E-state index in [9.17, 15) is 0 Å². The molecule has 2 rings (SSSR count). The Morgan fingerprint density at radius 2 is 1.94 bits per heavy atom. The van der Waals surface area contributed by atoms with Crippen LogP contribution in [0.15, 0.2) is 36.4 Å². The van der Waals surface area contributed by atoms with Crippen LogP contribution in [0.5, 0.6) is 11.6 Å². The maximum absolute atomic E-state index is 6.00. The van der Waals surface area contributed by atoms with E-state index in [1.807, 2.05) is 25.1 Å². The summed E-state index contributed by atoms with van der Waals surface area (Å²) in [6.45, 7) is 1.90. The van der Waals surface area contributed by atoms with E-state index >= 15 is 0 Å². The molecular weight excluding hydrogens is 257 g/mol. The van der Waals surface area contributed by atoms with Crippen LogP contribution < -0.4 is 4.74 Å². The van der Waals surface area contributed by atoms with E-state index in [4.69, 9.17) is 27.9 Å². The number of aryl methyl sites for hydroxylation is 1. The van der Waals surface area contributed by atoms with E-state index in [0.29, 0.717) is 22.5 Å². The Hall–Kier alpha value is -1.25. The molecular formula is C13H11Cl2NO. The monoisotopic (exact) mass is 267 g/mol. The van der Waals surface area contributed by atoms with Gasteiger partial charge in [0.1, 0.15) is 5.75 Å². The summed E-state index contributed by atoms with van der Waals surface area (Å²) in [5.41, 5.74) is 1.86. The summed E-state index contributed by atoms with van der Waals surface area (Å²) in [5, 5.41) is 0.563. The Kier molecular flexibility index (Phi) is 3.87. The lowest BCUT2D eigenvalue weighted by Crippen LogP contribution is -1.94. The molecule has 88 valence electrons. The fraction of sp³-hybridized carbons (Fsp3) is 0.154. The van der Waals surface area contributed by atoms with Gasteiger partial charge in [0.25, 0.3) is 0 Å². The van der Waals surface area contributed by atoms with E-state index in [-0.39, 0.29) is 0 Å². The van der Waals surface area contributed by atoms with Crippen molar-refractivity contribution in [2.75, 3.05) is 0 Å². The molecule has 2 aromatic rings. The zero-order valence-electron chi connectivity index (χ0n) is 9.28. The van der Waals surface area contributed by atoms with Gasteiger partial charge >= 0.3 is 0 Å². The summed E-state index contributed by atoms with van der Waals surface area (Å²) in [5.74, 6) is 1.56. The Bertz CT molecular complexity index is 529. The topological polar surface area (TPSA) is 22.1 Å². The molecule has 0 amide bonds. The molecule has 0 aliphatic rings. The number of alkyl halides is 1. The van der Waals surface area contributed by atoms with Gasteiger partial charge in [0.2, 0.25) is 5.88 Å². The third-order valence-electron chi connectivity index (χ3n) is 2.36. The number of aromatic nitrogens is 1. The van der Waals surface area contributed by atoms with Gasteiger partial charge in [0, 0.05) is 17.6 Å². The second kappa shape index (κ2) is 5.39. The molecule has 0 saturated carbocycles. The van der Waals surface area contributed by atoms with Crippen molar-refractivity contribution >= 4 is 23.2 Å². The number of pyridine rings is 1. The fourth-order valence-electron chi connectivity index (χ4n) is 1.41. The molecule has 0 spiro atoms. The molecule has 1 heterocycles. The first-order valence-corrected chi connectivity index (χ1v) is 6.07. The highest BCUT2D eigenvalue weighted by Crippen LogP contribution is 2.28. The van der Waals surface area contributed by atoms with Crippen molar-refractivity contribution in [3.63, 3.8) is 0 Å². The van der Waals surface area contributed by atoms with Gasteiger partial charge in [0.15, 0.2) is 0 Å². The van der Waals surface area contributed by atoms with Crippen LogP contribution in [0, 0.1) is 6.92 Å². The molecule has 17 heavy (non-hydrogen) atoms. The average Bonchev–Trinajstić information content (AvgIpc) is 2.32. The second-order valence-electron chi connectivity index (χ2n) is 3.56. The molecule has 0 radical (unpaired) electrons. The first-order chi connectivity index (χ1) is 8.20. The Morgan fingerprint density at radius 3 is 2.59 bits per heavy atom. The van der Waals surface area contributed by atoms with Gasteiger partial charge in [0.05, 0.1) is 5.02 Å². The summed E-state index contributed by atoms with van der Waals surface area (Å²) in [6, 6.07) is 11.0. The maximum atomic E-state index is 6.00. The molecule has 0 unspecified atom stereocenters. The van der Waals surface area contributed by atoms with Crippen molar-refractivity contribution in [3.05, 3.63) is 52.7 Å². The normalized spacial score (nSPS) is 10.3. The number of halogens is 2. The lowest BCUT2D eigenvalue weighted by atomic mass is 10.2. The average molecular weight is 268 g/mol. The molecule has 4 heteroatoms. The number of nitrogens with zero attached hydrogens (tertiary/aromatic N) is 1. The highest BCUT2D eigenvalue weighted by molar-refractivity contribution is 6.32. The molecule has 0 fully saturated rings. The maximum Gasteiger partial charge on any atom is 0.219 e. The standard InChI is InChI=1S/C13H11Cl2NO/c1-9-10(8-14)6-7-13(16-9)17-12-5-3-2-4-11(12)15/h2-7H,8H2,1H3. The van der Waals surface area contributed by atoms with Crippen molar-refractivity contribution in [1.29, 1.82) is 0 Å². The largest absolute Gasteiger partial charge is 0.437 e. The van der Waals surface area contributed by atoms with Gasteiger partial charge in [-0.25, -0.2) is 4.98 Å². The SMILES string of the molecule is Cc1nc(Oc2ccccc2Cl)ccc1CCl. The summed E-state index contributed by atoms with van der Waals surface area (Å²) in [6.07, 6.45) is 0. The molecule has 0 atom stereocenters. The predicted octanol–water partition coefficient (Wildman–Crippen LogP) is 4.57. The van der Waals surface area contributed by atoms with Gasteiger partial charge in [-0.1, -0.05) is 29.8 Å². The number of ether oxygens (including phenoxy) is 1. The summed E-state index contributed by atoms with van der Waals surface area (Å²) < 4.78 is 5.60. The Labute approximate surface area is 110 Å². The van der Waals surface area contributed by atoms with Crippen molar-refractivity contribution in [2.24, 2.45) is 0 Å². The highest BCUT2D eigenvalue weighted by Gasteiger charge is 2.05. The molecule has 0 N–H and O–H groups in total. The smallest absolute Gasteiger partial charge is 0.219 e. The number of hydrogen-bond donors (Lipinski definition) is 0. The van der Waals surface area contributed by atoms with Crippen LogP contribution in [0.2, 0.25) is 5.02 Å². The van der Waals surface area contributed by atoms with Crippen LogP contribution in [-0.2, 0) is 5.88 Å². The third-order valence-corrected chi connectivity index (χ3v) is 2.97. The minimum atomic E-state index is 0.450. The zero-order chi connectivity index (χ0) is 12.3. The molecule has 0 saturated heterocycles. The van der Waals surface area contributed by atoms with Gasteiger partial charge in [-0.15, -0.1) is 11.6 Å². The Morgan fingerprint density at radius 1 is 1.18 bits per heavy atom. The minimum absolute atomic E-state index is 0.450. The van der Waals surface area contributed by atoms with Crippen molar-refractivity contribution < 1.29 is 4.74 Å². The van der Waals surface area contributed by atoms with E-state index in [1.54, 1.807) is 18.2 Å². The van der Waals surface area contributed by atoms with Crippen molar-refractivity contribution in [3.8, 4) is 11.6 Å². The summed E-state index contributed by atoms with van der Waals surface area (Å²) >= 11 is 11.8. The van der Waals surface area contributed by atoms with E-state index in [2.05, 4.69) is 4.98 Å². The van der Waals surface area contributed by atoms with E-state index < -0.39 is 0 Å². The zero-order valence-corrected chi connectivity index (χ0v) is 10.8. The number of benzene rings is 1. The van der Waals surface area contributed by atoms with E-state index in [0.717, 1.165) is 11.3 Å². The van der Waals surface area contributed by atoms with Crippen LogP contribution >= 0.6 is 23.2 Å². The minimum Gasteiger partial charge on any atom is -0.437 e. The lowest BCUT2D eigenvalue weighted by molar-refractivity contribution is 0.461. The van der Waals surface area contributed by atoms with Gasteiger partial charge in [-0.2, -0.15) is 0 Å². The molecule has 0 aliphatic carbocycles. The van der Waals surface area contributed by atoms with Crippen molar-refractivity contribution in [1.82, 2.24) is 4.98 Å². The van der Waals surface area contributed by atoms with Crippen molar-refractivity contribution in [2.45, 2.75) is 12.8 Å².